The summed E-state index contributed by atoms with van der Waals surface area (Å²) in [5, 5.41) is 19.6. The molecule has 0 spiro atoms. The number of rotatable bonds is 9. The third-order valence-electron chi connectivity index (χ3n) is 3.87. The number of hydrogen-bond donors (Lipinski definition) is 4. The summed E-state index contributed by atoms with van der Waals surface area (Å²) < 4.78 is 1.89. The molecule has 0 unspecified atom stereocenters. The molecule has 9 nitrogen and oxygen atoms in total. The molecular weight excluding hydrogens is 336 g/mol. The van der Waals surface area contributed by atoms with Gasteiger partial charge in [-0.15, -0.1) is 0 Å². The zero-order valence-corrected chi connectivity index (χ0v) is 14.1. The number of aliphatic carboxylic acids is 1. The van der Waals surface area contributed by atoms with Gasteiger partial charge < -0.3 is 20.7 Å². The summed E-state index contributed by atoms with van der Waals surface area (Å²) in [5.41, 5.74) is 1.44. The third kappa shape index (κ3) is 4.38. The van der Waals surface area contributed by atoms with Crippen LogP contribution in [0, 0.1) is 0 Å². The summed E-state index contributed by atoms with van der Waals surface area (Å²) in [6, 6.07) is 5.34. The van der Waals surface area contributed by atoms with Gasteiger partial charge in [0, 0.05) is 43.0 Å². The van der Waals surface area contributed by atoms with Gasteiger partial charge in [0.1, 0.15) is 0 Å². The first-order chi connectivity index (χ1) is 12.6. The van der Waals surface area contributed by atoms with Crippen LogP contribution < -0.4 is 10.6 Å². The largest absolute Gasteiger partial charge is 0.481 e. The number of nitrogens with zero attached hydrogens (tertiary/aromatic N) is 3. The van der Waals surface area contributed by atoms with Crippen LogP contribution in [-0.4, -0.2) is 49.8 Å². The van der Waals surface area contributed by atoms with Crippen LogP contribution in [0.4, 0.5) is 5.95 Å². The van der Waals surface area contributed by atoms with Gasteiger partial charge in [-0.2, -0.15) is 5.10 Å². The number of aromatic amines is 1. The summed E-state index contributed by atoms with van der Waals surface area (Å²) in [6.07, 6.45) is 5.95. The average molecular weight is 356 g/mol. The van der Waals surface area contributed by atoms with Crippen molar-refractivity contribution in [2.75, 3.05) is 18.4 Å². The lowest BCUT2D eigenvalue weighted by Crippen LogP contribution is -2.25. The van der Waals surface area contributed by atoms with E-state index in [0.29, 0.717) is 5.56 Å². The van der Waals surface area contributed by atoms with Gasteiger partial charge in [0.15, 0.2) is 5.95 Å². The molecule has 0 aliphatic heterocycles. The number of H-pyrrole nitrogens is 1. The van der Waals surface area contributed by atoms with E-state index in [1.54, 1.807) is 30.7 Å². The Morgan fingerprint density at radius 2 is 2.15 bits per heavy atom. The number of nitrogens with one attached hydrogen (secondary N) is 3. The van der Waals surface area contributed by atoms with Crippen molar-refractivity contribution in [1.29, 1.82) is 0 Å². The van der Waals surface area contributed by atoms with E-state index in [9.17, 15) is 9.59 Å². The molecule has 1 amide bonds. The molecule has 1 aromatic carbocycles. The molecule has 3 rings (SSSR count). The van der Waals surface area contributed by atoms with E-state index >= 15 is 0 Å². The number of imidazole rings is 1. The Kier molecular flexibility index (Phi) is 5.47. The van der Waals surface area contributed by atoms with Crippen molar-refractivity contribution in [3.05, 3.63) is 42.4 Å². The molecule has 2 aromatic heterocycles. The van der Waals surface area contributed by atoms with E-state index in [-0.39, 0.29) is 18.9 Å². The third-order valence-corrected chi connectivity index (χ3v) is 3.87. The lowest BCUT2D eigenvalue weighted by atomic mass is 10.1. The Labute approximate surface area is 149 Å². The minimum Gasteiger partial charge on any atom is -0.481 e. The summed E-state index contributed by atoms with van der Waals surface area (Å²) in [6.45, 7) is 1.61. The van der Waals surface area contributed by atoms with Crippen LogP contribution in [0.15, 0.2) is 36.8 Å². The second-order valence-corrected chi connectivity index (χ2v) is 5.76. The molecule has 2 heterocycles. The van der Waals surface area contributed by atoms with Gasteiger partial charge in [-0.25, -0.2) is 4.98 Å². The van der Waals surface area contributed by atoms with Crippen molar-refractivity contribution in [1.82, 2.24) is 25.1 Å². The van der Waals surface area contributed by atoms with Crippen LogP contribution in [-0.2, 0) is 11.3 Å². The topological polar surface area (TPSA) is 125 Å². The molecule has 0 fully saturated rings. The molecule has 9 heteroatoms. The Balaban J connectivity index is 1.56. The first kappa shape index (κ1) is 17.5. The number of carboxylic acids is 1. The standard InChI is InChI=1S/C17H20N6O3/c24-15(25)4-6-18-16(26)12-2-3-14-13(10-12)11-22-23(14)9-1-5-19-17-20-7-8-21-17/h2-3,7-8,10-11H,1,4-6,9H2,(H,18,26)(H,24,25)(H2,19,20,21). The van der Waals surface area contributed by atoms with Gasteiger partial charge >= 0.3 is 5.97 Å². The van der Waals surface area contributed by atoms with Crippen molar-refractivity contribution in [3.8, 4) is 0 Å². The lowest BCUT2D eigenvalue weighted by molar-refractivity contribution is -0.136. The molecule has 0 radical (unpaired) electrons. The maximum absolute atomic E-state index is 12.1. The summed E-state index contributed by atoms with van der Waals surface area (Å²) in [7, 11) is 0. The Hall–Kier alpha value is -3.36. The number of carbonyl (C=O) groups excluding carboxylic acids is 1. The molecule has 26 heavy (non-hydrogen) atoms. The Morgan fingerprint density at radius 3 is 2.92 bits per heavy atom. The van der Waals surface area contributed by atoms with Crippen LogP contribution in [0.25, 0.3) is 10.9 Å². The number of aryl methyl sites for hydroxylation is 1. The lowest BCUT2D eigenvalue weighted by Gasteiger charge is -2.06. The van der Waals surface area contributed by atoms with Gasteiger partial charge in [-0.3, -0.25) is 14.3 Å². The fraction of sp³-hybridized carbons (Fsp3) is 0.294. The highest BCUT2D eigenvalue weighted by molar-refractivity contribution is 5.98. The molecule has 0 aliphatic carbocycles. The van der Waals surface area contributed by atoms with Crippen LogP contribution in [0.2, 0.25) is 0 Å². The zero-order chi connectivity index (χ0) is 18.4. The second-order valence-electron chi connectivity index (χ2n) is 5.76. The normalized spacial score (nSPS) is 10.8. The second kappa shape index (κ2) is 8.15. The van der Waals surface area contributed by atoms with Gasteiger partial charge in [0.05, 0.1) is 18.1 Å². The Morgan fingerprint density at radius 1 is 1.27 bits per heavy atom. The van der Waals surface area contributed by atoms with E-state index in [1.807, 2.05) is 10.7 Å². The highest BCUT2D eigenvalue weighted by Gasteiger charge is 2.09. The molecule has 0 saturated heterocycles. The maximum Gasteiger partial charge on any atom is 0.305 e. The van der Waals surface area contributed by atoms with Gasteiger partial charge in [-0.05, 0) is 24.6 Å². The minimum atomic E-state index is -0.941. The van der Waals surface area contributed by atoms with Crippen molar-refractivity contribution < 1.29 is 14.7 Å². The van der Waals surface area contributed by atoms with E-state index in [4.69, 9.17) is 5.11 Å². The van der Waals surface area contributed by atoms with Crippen LogP contribution in [0.1, 0.15) is 23.2 Å². The minimum absolute atomic E-state index is 0.0992. The van der Waals surface area contributed by atoms with Crippen molar-refractivity contribution >= 4 is 28.7 Å². The predicted molar refractivity (Wildman–Crippen MR) is 96.0 cm³/mol. The number of fused-ring (bicyclic) bond motifs is 1. The van der Waals surface area contributed by atoms with Crippen molar-refractivity contribution in [3.63, 3.8) is 0 Å². The van der Waals surface area contributed by atoms with Crippen molar-refractivity contribution in [2.24, 2.45) is 0 Å². The molecular formula is C17H20N6O3. The maximum atomic E-state index is 12.1. The van der Waals surface area contributed by atoms with Crippen LogP contribution in [0.3, 0.4) is 0 Å². The van der Waals surface area contributed by atoms with E-state index in [1.165, 1.54) is 0 Å². The summed E-state index contributed by atoms with van der Waals surface area (Å²) >= 11 is 0. The molecule has 0 saturated carbocycles. The highest BCUT2D eigenvalue weighted by Crippen LogP contribution is 2.16. The predicted octanol–water partition coefficient (Wildman–Crippen LogP) is 1.47. The molecule has 0 bridgehead atoms. The number of benzene rings is 1. The van der Waals surface area contributed by atoms with E-state index in [0.717, 1.165) is 36.4 Å². The number of anilines is 1. The number of carbonyl (C=O) groups is 2. The number of carboxylic acid groups (broad SMARTS) is 1. The number of hydrogen-bond acceptors (Lipinski definition) is 5. The highest BCUT2D eigenvalue weighted by atomic mass is 16.4. The Bertz CT molecular complexity index is 887. The van der Waals surface area contributed by atoms with Crippen LogP contribution in [0.5, 0.6) is 0 Å². The zero-order valence-electron chi connectivity index (χ0n) is 14.1. The first-order valence-corrected chi connectivity index (χ1v) is 8.32. The molecule has 136 valence electrons. The average Bonchev–Trinajstić information content (AvgIpc) is 3.27. The SMILES string of the molecule is O=C(O)CCNC(=O)c1ccc2c(cnn2CCCNc2ncc[nH]2)c1. The fourth-order valence-corrected chi connectivity index (χ4v) is 2.59. The number of aromatic nitrogens is 4. The molecule has 3 aromatic rings. The van der Waals surface area contributed by atoms with Crippen LogP contribution >= 0.6 is 0 Å². The summed E-state index contributed by atoms with van der Waals surface area (Å²) in [4.78, 5) is 29.6. The van der Waals surface area contributed by atoms with E-state index < -0.39 is 5.97 Å². The first-order valence-electron chi connectivity index (χ1n) is 8.32. The monoisotopic (exact) mass is 356 g/mol. The van der Waals surface area contributed by atoms with Gasteiger partial charge in [0.25, 0.3) is 5.91 Å². The van der Waals surface area contributed by atoms with E-state index in [2.05, 4.69) is 25.7 Å². The van der Waals surface area contributed by atoms with Gasteiger partial charge in [-0.1, -0.05) is 0 Å². The molecule has 4 N–H and O–H groups in total. The van der Waals surface area contributed by atoms with Gasteiger partial charge in [0.2, 0.25) is 0 Å². The fourth-order valence-electron chi connectivity index (χ4n) is 2.59. The quantitative estimate of drug-likeness (QED) is 0.430. The number of amides is 1. The molecule has 0 atom stereocenters. The summed E-state index contributed by atoms with van der Waals surface area (Å²) in [5.74, 6) is -0.485. The van der Waals surface area contributed by atoms with Crippen molar-refractivity contribution in [2.45, 2.75) is 19.4 Å². The molecule has 0 aliphatic rings. The smallest absolute Gasteiger partial charge is 0.305 e.